The van der Waals surface area contributed by atoms with Gasteiger partial charge in [-0.15, -0.1) is 0 Å². The lowest BCUT2D eigenvalue weighted by atomic mass is 10.1. The molecule has 1 aromatic rings. The molecule has 1 aromatic carbocycles. The first-order valence-electron chi connectivity index (χ1n) is 6.36. The summed E-state index contributed by atoms with van der Waals surface area (Å²) >= 11 is 0. The topological polar surface area (TPSA) is 78.2 Å². The molecule has 0 saturated carbocycles. The van der Waals surface area contributed by atoms with Crippen molar-refractivity contribution in [2.75, 3.05) is 18.6 Å². The van der Waals surface area contributed by atoms with Gasteiger partial charge >= 0.3 is 0 Å². The highest BCUT2D eigenvalue weighted by Crippen LogP contribution is 2.21. The van der Waals surface area contributed by atoms with Gasteiger partial charge < -0.3 is 4.90 Å². The van der Waals surface area contributed by atoms with E-state index >= 15 is 0 Å². The van der Waals surface area contributed by atoms with Gasteiger partial charge in [-0.2, -0.15) is 5.26 Å². The van der Waals surface area contributed by atoms with Crippen LogP contribution in [0.25, 0.3) is 0 Å². The van der Waals surface area contributed by atoms with Gasteiger partial charge in [-0.25, -0.2) is 8.42 Å². The fourth-order valence-corrected chi connectivity index (χ4v) is 4.07. The van der Waals surface area contributed by atoms with E-state index in [0.29, 0.717) is 18.5 Å². The molecule has 0 bridgehead atoms. The number of hydrogen-bond acceptors (Lipinski definition) is 4. The molecular formula is C14H16N2O3S. The molecule has 1 aliphatic heterocycles. The first-order valence-corrected chi connectivity index (χ1v) is 8.18. The summed E-state index contributed by atoms with van der Waals surface area (Å²) in [5.41, 5.74) is 1.49. The standard InChI is InChI=1S/C14H16N2O3S/c1-16(9-12-4-2-11(8-15)3-5-12)14(17)13-6-7-20(18,19)10-13/h2-5,13H,6-7,9-10H2,1H3. The van der Waals surface area contributed by atoms with Gasteiger partial charge in [0, 0.05) is 13.6 Å². The van der Waals surface area contributed by atoms with Crippen LogP contribution in [0.3, 0.4) is 0 Å². The van der Waals surface area contributed by atoms with E-state index in [1.54, 1.807) is 36.2 Å². The molecule has 20 heavy (non-hydrogen) atoms. The van der Waals surface area contributed by atoms with E-state index in [4.69, 9.17) is 5.26 Å². The summed E-state index contributed by atoms with van der Waals surface area (Å²) in [5.74, 6) is -0.476. The van der Waals surface area contributed by atoms with Crippen LogP contribution in [-0.2, 0) is 21.2 Å². The first-order chi connectivity index (χ1) is 9.41. The molecule has 0 aliphatic carbocycles. The predicted octanol–water partition coefficient (Wildman–Crippen LogP) is 0.951. The highest BCUT2D eigenvalue weighted by Gasteiger charge is 2.34. The van der Waals surface area contributed by atoms with E-state index in [0.717, 1.165) is 5.56 Å². The largest absolute Gasteiger partial charge is 0.341 e. The molecule has 1 fully saturated rings. The van der Waals surface area contributed by atoms with Crippen LogP contribution in [0, 0.1) is 17.2 Å². The van der Waals surface area contributed by atoms with Gasteiger partial charge in [0.15, 0.2) is 9.84 Å². The molecule has 0 radical (unpaired) electrons. The third-order valence-corrected chi connectivity index (χ3v) is 5.23. The maximum atomic E-state index is 12.2. The van der Waals surface area contributed by atoms with E-state index in [9.17, 15) is 13.2 Å². The summed E-state index contributed by atoms with van der Waals surface area (Å²) in [6.07, 6.45) is 0.416. The zero-order chi connectivity index (χ0) is 14.8. The summed E-state index contributed by atoms with van der Waals surface area (Å²) in [7, 11) is -1.37. The molecule has 0 aromatic heterocycles. The molecule has 5 nitrogen and oxygen atoms in total. The van der Waals surface area contributed by atoms with Crippen LogP contribution in [-0.4, -0.2) is 37.8 Å². The lowest BCUT2D eigenvalue weighted by molar-refractivity contribution is -0.133. The molecule has 0 spiro atoms. The third-order valence-electron chi connectivity index (χ3n) is 3.46. The second kappa shape index (κ2) is 5.63. The van der Waals surface area contributed by atoms with Crippen molar-refractivity contribution in [3.63, 3.8) is 0 Å². The Morgan fingerprint density at radius 2 is 2.05 bits per heavy atom. The SMILES string of the molecule is CN(Cc1ccc(C#N)cc1)C(=O)C1CCS(=O)(=O)C1. The summed E-state index contributed by atoms with van der Waals surface area (Å²) in [4.78, 5) is 13.7. The van der Waals surface area contributed by atoms with E-state index in [1.165, 1.54) is 0 Å². The number of hydrogen-bond donors (Lipinski definition) is 0. The number of nitrogens with zero attached hydrogens (tertiary/aromatic N) is 2. The van der Waals surface area contributed by atoms with Crippen LogP contribution < -0.4 is 0 Å². The van der Waals surface area contributed by atoms with Gasteiger partial charge in [0.1, 0.15) is 0 Å². The number of nitriles is 1. The van der Waals surface area contributed by atoms with Crippen LogP contribution in [0.5, 0.6) is 0 Å². The normalized spacial score (nSPS) is 20.3. The first kappa shape index (κ1) is 14.5. The smallest absolute Gasteiger partial charge is 0.226 e. The molecule has 1 heterocycles. The van der Waals surface area contributed by atoms with Crippen LogP contribution >= 0.6 is 0 Å². The van der Waals surface area contributed by atoms with Crippen LogP contribution in [0.2, 0.25) is 0 Å². The second-order valence-electron chi connectivity index (χ2n) is 5.10. The van der Waals surface area contributed by atoms with Crippen molar-refractivity contribution >= 4 is 15.7 Å². The highest BCUT2D eigenvalue weighted by atomic mass is 32.2. The van der Waals surface area contributed by atoms with Crippen molar-refractivity contribution in [1.82, 2.24) is 4.90 Å². The van der Waals surface area contributed by atoms with Gasteiger partial charge in [-0.3, -0.25) is 4.79 Å². The minimum Gasteiger partial charge on any atom is -0.341 e. The van der Waals surface area contributed by atoms with Gasteiger partial charge in [0.2, 0.25) is 5.91 Å². The second-order valence-corrected chi connectivity index (χ2v) is 7.33. The Kier molecular flexibility index (Phi) is 4.09. The number of sulfone groups is 1. The average molecular weight is 292 g/mol. The van der Waals surface area contributed by atoms with Gasteiger partial charge in [0.25, 0.3) is 0 Å². The summed E-state index contributed by atoms with van der Waals surface area (Å²) in [5, 5.41) is 8.72. The number of benzene rings is 1. The van der Waals surface area contributed by atoms with Crippen molar-refractivity contribution < 1.29 is 13.2 Å². The predicted molar refractivity (Wildman–Crippen MR) is 74.4 cm³/mol. The molecule has 106 valence electrons. The van der Waals surface area contributed by atoms with Gasteiger partial charge in [0.05, 0.1) is 29.1 Å². The zero-order valence-corrected chi connectivity index (χ0v) is 12.1. The Morgan fingerprint density at radius 1 is 1.40 bits per heavy atom. The van der Waals surface area contributed by atoms with Gasteiger partial charge in [-0.1, -0.05) is 12.1 Å². The zero-order valence-electron chi connectivity index (χ0n) is 11.2. The number of carbonyl (C=O) groups excluding carboxylic acids is 1. The van der Waals surface area contributed by atoms with E-state index in [2.05, 4.69) is 0 Å². The molecule has 1 atom stereocenters. The van der Waals surface area contributed by atoms with Crippen LogP contribution in [0.15, 0.2) is 24.3 Å². The van der Waals surface area contributed by atoms with E-state index in [-0.39, 0.29) is 17.4 Å². The maximum Gasteiger partial charge on any atom is 0.226 e. The fourth-order valence-electron chi connectivity index (χ4n) is 2.34. The van der Waals surface area contributed by atoms with Crippen molar-refractivity contribution in [2.45, 2.75) is 13.0 Å². The molecule has 1 unspecified atom stereocenters. The molecule has 1 aliphatic rings. The minimum atomic E-state index is -3.04. The third kappa shape index (κ3) is 3.36. The fraction of sp³-hybridized carbons (Fsp3) is 0.429. The highest BCUT2D eigenvalue weighted by molar-refractivity contribution is 7.91. The minimum absolute atomic E-state index is 0.0382. The molecular weight excluding hydrogens is 276 g/mol. The molecule has 1 saturated heterocycles. The quantitative estimate of drug-likeness (QED) is 0.831. The van der Waals surface area contributed by atoms with E-state index in [1.807, 2.05) is 6.07 Å². The Bertz CT molecular complexity index is 644. The van der Waals surface area contributed by atoms with Crippen molar-refractivity contribution in [3.05, 3.63) is 35.4 Å². The van der Waals surface area contributed by atoms with Crippen molar-refractivity contribution in [3.8, 4) is 6.07 Å². The van der Waals surface area contributed by atoms with Crippen molar-refractivity contribution in [1.29, 1.82) is 5.26 Å². The Labute approximate surface area is 118 Å². The Morgan fingerprint density at radius 3 is 2.55 bits per heavy atom. The molecule has 2 rings (SSSR count). The van der Waals surface area contributed by atoms with Gasteiger partial charge in [-0.05, 0) is 24.1 Å². The maximum absolute atomic E-state index is 12.2. The lowest BCUT2D eigenvalue weighted by Gasteiger charge is -2.20. The summed E-state index contributed by atoms with van der Waals surface area (Å²) in [6.45, 7) is 0.418. The number of amides is 1. The molecule has 0 N–H and O–H groups in total. The summed E-state index contributed by atoms with van der Waals surface area (Å²) in [6, 6.07) is 9.04. The number of carbonyl (C=O) groups is 1. The monoisotopic (exact) mass is 292 g/mol. The summed E-state index contributed by atoms with van der Waals surface area (Å²) < 4.78 is 22.8. The van der Waals surface area contributed by atoms with Crippen LogP contribution in [0.4, 0.5) is 0 Å². The average Bonchev–Trinajstić information content (AvgIpc) is 2.79. The molecule has 1 amide bonds. The lowest BCUT2D eigenvalue weighted by Crippen LogP contribution is -2.33. The van der Waals surface area contributed by atoms with E-state index < -0.39 is 15.8 Å². The molecule has 6 heteroatoms. The Balaban J connectivity index is 1.99. The Hall–Kier alpha value is -1.87. The number of rotatable bonds is 3. The van der Waals surface area contributed by atoms with Crippen molar-refractivity contribution in [2.24, 2.45) is 5.92 Å². The van der Waals surface area contributed by atoms with Crippen LogP contribution in [0.1, 0.15) is 17.5 Å².